The zero-order valence-corrected chi connectivity index (χ0v) is 11.7. The first-order valence-electron chi connectivity index (χ1n) is 7.02. The van der Waals surface area contributed by atoms with Crippen LogP contribution in [0.1, 0.15) is 41.9 Å². The molecule has 1 saturated carbocycles. The predicted molar refractivity (Wildman–Crippen MR) is 66.2 cm³/mol. The van der Waals surface area contributed by atoms with Gasteiger partial charge in [0.05, 0.1) is 18.3 Å². The lowest BCUT2D eigenvalue weighted by Crippen LogP contribution is -2.35. The van der Waals surface area contributed by atoms with Gasteiger partial charge in [-0.15, -0.1) is 0 Å². The van der Waals surface area contributed by atoms with E-state index >= 15 is 0 Å². The van der Waals surface area contributed by atoms with Gasteiger partial charge in [-0.2, -0.15) is 13.2 Å². The van der Waals surface area contributed by atoms with E-state index in [1.165, 1.54) is 0 Å². The normalized spacial score (nSPS) is 33.3. The van der Waals surface area contributed by atoms with Gasteiger partial charge in [-0.05, 0) is 0 Å². The number of hydrogen-bond donors (Lipinski definition) is 1. The smallest absolute Gasteiger partial charge is 0.394 e. The summed E-state index contributed by atoms with van der Waals surface area (Å²) in [6, 6.07) is 0. The first kappa shape index (κ1) is 16.4. The van der Waals surface area contributed by atoms with Gasteiger partial charge in [0.2, 0.25) is 0 Å². The van der Waals surface area contributed by atoms with Crippen LogP contribution in [0, 0.1) is 0 Å². The third-order valence-electron chi connectivity index (χ3n) is 4.06. The van der Waals surface area contributed by atoms with E-state index in [9.17, 15) is 31.4 Å². The minimum absolute atomic E-state index is 0.0671. The number of fused-ring (bicyclic) bond motifs is 1. The van der Waals surface area contributed by atoms with Crippen molar-refractivity contribution in [1.29, 1.82) is 0 Å². The number of aromatic nitrogens is 1. The van der Waals surface area contributed by atoms with E-state index < -0.39 is 60.1 Å². The zero-order chi connectivity index (χ0) is 16.9. The Labute approximate surface area is 127 Å². The molecule has 23 heavy (non-hydrogen) atoms. The van der Waals surface area contributed by atoms with Gasteiger partial charge in [-0.25, -0.2) is 13.2 Å². The molecule has 1 aromatic rings. The average molecular weight is 341 g/mol. The number of rotatable bonds is 3. The number of alkyl halides is 6. The fourth-order valence-corrected chi connectivity index (χ4v) is 2.86. The second kappa shape index (κ2) is 5.54. The summed E-state index contributed by atoms with van der Waals surface area (Å²) in [4.78, 5) is 3.55. The van der Waals surface area contributed by atoms with Gasteiger partial charge in [-0.3, -0.25) is 4.98 Å². The van der Waals surface area contributed by atoms with Crippen molar-refractivity contribution in [2.75, 3.05) is 0 Å². The van der Waals surface area contributed by atoms with E-state index in [1.54, 1.807) is 0 Å². The van der Waals surface area contributed by atoms with E-state index in [4.69, 9.17) is 4.74 Å². The van der Waals surface area contributed by atoms with Crippen molar-refractivity contribution in [3.63, 3.8) is 0 Å². The molecule has 0 saturated heterocycles. The molecule has 3 nitrogen and oxygen atoms in total. The molecule has 0 radical (unpaired) electrons. The van der Waals surface area contributed by atoms with Crippen molar-refractivity contribution in [2.45, 2.75) is 56.2 Å². The highest BCUT2D eigenvalue weighted by Crippen LogP contribution is 2.49. The first-order valence-corrected chi connectivity index (χ1v) is 7.02. The van der Waals surface area contributed by atoms with Crippen LogP contribution in [0.2, 0.25) is 0 Å². The topological polar surface area (TPSA) is 42.4 Å². The van der Waals surface area contributed by atoms with Crippen molar-refractivity contribution >= 4 is 0 Å². The lowest BCUT2D eigenvalue weighted by molar-refractivity contribution is -0.128. The molecule has 0 amide bonds. The van der Waals surface area contributed by atoms with Crippen LogP contribution >= 0.6 is 0 Å². The molecule has 1 heterocycles. The summed E-state index contributed by atoms with van der Waals surface area (Å²) in [6.07, 6.45) is -13.5. The van der Waals surface area contributed by atoms with Crippen LogP contribution in [0.15, 0.2) is 6.20 Å². The van der Waals surface area contributed by atoms with Crippen LogP contribution < -0.4 is 4.74 Å². The summed E-state index contributed by atoms with van der Waals surface area (Å²) in [6.45, 7) is 0. The summed E-state index contributed by atoms with van der Waals surface area (Å²) in [5.74, 6) is -0.241. The molecule has 3 atom stereocenters. The molecule has 0 bridgehead atoms. The van der Waals surface area contributed by atoms with Gasteiger partial charge in [0, 0.05) is 24.0 Å². The Kier molecular flexibility index (Phi) is 3.94. The molecule has 2 aliphatic rings. The van der Waals surface area contributed by atoms with E-state index in [-0.39, 0.29) is 18.6 Å². The molecule has 1 N–H and O–H groups in total. The molecule has 0 spiro atoms. The van der Waals surface area contributed by atoms with Gasteiger partial charge in [0.25, 0.3) is 0 Å². The van der Waals surface area contributed by atoms with Crippen molar-refractivity contribution in [2.24, 2.45) is 0 Å². The average Bonchev–Trinajstić information content (AvgIpc) is 2.64. The minimum Gasteiger partial charge on any atom is -0.488 e. The van der Waals surface area contributed by atoms with Crippen LogP contribution in [0.3, 0.4) is 0 Å². The standard InChI is InChI=1S/C14H13F6NO2/c15-5-1-6(2-5)23-8-4-21-7(3-14(18,19)20)9-10(8)11(16)12(17)13(9)22/h4-6,11-13,22H,1-3H2/t5?,6?,11-,12-,13+/m1/s1. The number of hydrogen-bond acceptors (Lipinski definition) is 3. The molecular formula is C14H13F6NO2. The van der Waals surface area contributed by atoms with Crippen LogP contribution in [0.4, 0.5) is 26.3 Å². The van der Waals surface area contributed by atoms with Gasteiger partial charge in [0.15, 0.2) is 12.3 Å². The third kappa shape index (κ3) is 2.98. The van der Waals surface area contributed by atoms with E-state index in [0.29, 0.717) is 0 Å². The molecule has 3 rings (SSSR count). The Morgan fingerprint density at radius 2 is 1.83 bits per heavy atom. The second-order valence-electron chi connectivity index (χ2n) is 5.79. The minimum atomic E-state index is -4.64. The van der Waals surface area contributed by atoms with E-state index in [2.05, 4.69) is 4.98 Å². The Bertz CT molecular complexity index is 602. The summed E-state index contributed by atoms with van der Waals surface area (Å²) in [7, 11) is 0. The Morgan fingerprint density at radius 3 is 2.39 bits per heavy atom. The number of aliphatic hydroxyl groups is 1. The highest BCUT2D eigenvalue weighted by molar-refractivity contribution is 5.49. The molecule has 1 fully saturated rings. The number of ether oxygens (including phenoxy) is 1. The third-order valence-corrected chi connectivity index (χ3v) is 4.06. The maximum Gasteiger partial charge on any atom is 0.394 e. The van der Waals surface area contributed by atoms with Crippen LogP contribution in [-0.4, -0.2) is 34.7 Å². The van der Waals surface area contributed by atoms with Gasteiger partial charge in [0.1, 0.15) is 24.1 Å². The Balaban J connectivity index is 1.97. The van der Waals surface area contributed by atoms with Crippen molar-refractivity contribution < 1.29 is 36.2 Å². The van der Waals surface area contributed by atoms with Gasteiger partial charge in [-0.1, -0.05) is 0 Å². The van der Waals surface area contributed by atoms with E-state index in [1.807, 2.05) is 0 Å². The number of halogens is 6. The van der Waals surface area contributed by atoms with Crippen LogP contribution in [-0.2, 0) is 6.42 Å². The summed E-state index contributed by atoms with van der Waals surface area (Å²) >= 11 is 0. The fraction of sp³-hybridized carbons (Fsp3) is 0.643. The quantitative estimate of drug-likeness (QED) is 0.856. The summed E-state index contributed by atoms with van der Waals surface area (Å²) in [5.41, 5.74) is -1.61. The van der Waals surface area contributed by atoms with Crippen molar-refractivity contribution in [3.8, 4) is 5.75 Å². The Hall–Kier alpha value is -1.51. The molecule has 0 unspecified atom stereocenters. The molecule has 0 aromatic carbocycles. The van der Waals surface area contributed by atoms with Crippen molar-refractivity contribution in [1.82, 2.24) is 4.98 Å². The number of pyridine rings is 1. The number of aliphatic hydroxyl groups excluding tert-OH is 1. The molecular weight excluding hydrogens is 328 g/mol. The molecule has 0 aliphatic heterocycles. The zero-order valence-electron chi connectivity index (χ0n) is 11.7. The maximum atomic E-state index is 14.1. The van der Waals surface area contributed by atoms with Crippen molar-refractivity contribution in [3.05, 3.63) is 23.0 Å². The largest absolute Gasteiger partial charge is 0.488 e. The second-order valence-corrected chi connectivity index (χ2v) is 5.79. The Morgan fingerprint density at radius 1 is 1.17 bits per heavy atom. The molecule has 2 aliphatic carbocycles. The number of nitrogens with zero attached hydrogens (tertiary/aromatic N) is 1. The summed E-state index contributed by atoms with van der Waals surface area (Å²) in [5, 5.41) is 9.73. The molecule has 1 aromatic heterocycles. The van der Waals surface area contributed by atoms with Gasteiger partial charge < -0.3 is 9.84 Å². The van der Waals surface area contributed by atoms with Gasteiger partial charge >= 0.3 is 6.18 Å². The molecule has 128 valence electrons. The van der Waals surface area contributed by atoms with E-state index in [0.717, 1.165) is 6.20 Å². The van der Waals surface area contributed by atoms with Crippen LogP contribution in [0.5, 0.6) is 5.75 Å². The monoisotopic (exact) mass is 341 g/mol. The predicted octanol–water partition coefficient (Wildman–Crippen LogP) is 3.46. The fourth-order valence-electron chi connectivity index (χ4n) is 2.86. The maximum absolute atomic E-state index is 14.1. The SMILES string of the molecule is O[C@H]1c2c(CC(F)(F)F)ncc(OC3CC(F)C3)c2[C@@H](F)[C@H]1F. The lowest BCUT2D eigenvalue weighted by atomic mass is 9.93. The molecule has 9 heteroatoms. The summed E-state index contributed by atoms with van der Waals surface area (Å²) < 4.78 is 83.6. The highest BCUT2D eigenvalue weighted by Gasteiger charge is 2.47. The first-order chi connectivity index (χ1) is 10.7. The van der Waals surface area contributed by atoms with Crippen LogP contribution in [0.25, 0.3) is 0 Å². The lowest BCUT2D eigenvalue weighted by Gasteiger charge is -2.31. The highest BCUT2D eigenvalue weighted by atomic mass is 19.4.